The normalized spacial score (nSPS) is 8.93. The SMILES string of the molecule is Cc1c(O)cccc1O.c1ccoc1. The summed E-state index contributed by atoms with van der Waals surface area (Å²) < 4.78 is 4.58. The molecule has 1 heterocycles. The molecule has 3 nitrogen and oxygen atoms in total. The highest BCUT2D eigenvalue weighted by molar-refractivity contribution is 5.41. The van der Waals surface area contributed by atoms with E-state index in [1.807, 2.05) is 12.1 Å². The van der Waals surface area contributed by atoms with Gasteiger partial charge in [0.05, 0.1) is 12.5 Å². The Morgan fingerprint density at radius 3 is 1.71 bits per heavy atom. The molecular formula is C11H12O3. The molecule has 14 heavy (non-hydrogen) atoms. The van der Waals surface area contributed by atoms with Crippen LogP contribution in [0.1, 0.15) is 5.56 Å². The van der Waals surface area contributed by atoms with Gasteiger partial charge in [-0.25, -0.2) is 0 Å². The van der Waals surface area contributed by atoms with Crippen LogP contribution in [0.5, 0.6) is 11.5 Å². The third-order valence-electron chi connectivity index (χ3n) is 1.70. The predicted octanol–water partition coefficient (Wildman–Crippen LogP) is 2.69. The summed E-state index contributed by atoms with van der Waals surface area (Å²) >= 11 is 0. The summed E-state index contributed by atoms with van der Waals surface area (Å²) in [7, 11) is 0. The lowest BCUT2D eigenvalue weighted by molar-refractivity contribution is 0.443. The Balaban J connectivity index is 0.000000165. The van der Waals surface area contributed by atoms with E-state index in [-0.39, 0.29) is 11.5 Å². The molecule has 0 unspecified atom stereocenters. The highest BCUT2D eigenvalue weighted by Gasteiger charge is 1.97. The van der Waals surface area contributed by atoms with Crippen molar-refractivity contribution in [3.05, 3.63) is 48.4 Å². The van der Waals surface area contributed by atoms with Gasteiger partial charge in [0.2, 0.25) is 0 Å². The first-order valence-electron chi connectivity index (χ1n) is 4.16. The van der Waals surface area contributed by atoms with Crippen LogP contribution in [-0.4, -0.2) is 10.2 Å². The monoisotopic (exact) mass is 192 g/mol. The van der Waals surface area contributed by atoms with E-state index in [0.29, 0.717) is 5.56 Å². The van der Waals surface area contributed by atoms with E-state index in [0.717, 1.165) is 0 Å². The Morgan fingerprint density at radius 2 is 1.43 bits per heavy atom. The third-order valence-corrected chi connectivity index (χ3v) is 1.70. The number of phenolic OH excluding ortho intramolecular Hbond substituents is 2. The molecular weight excluding hydrogens is 180 g/mol. The van der Waals surface area contributed by atoms with Crippen LogP contribution in [0.4, 0.5) is 0 Å². The zero-order chi connectivity index (χ0) is 10.4. The minimum atomic E-state index is 0.134. The maximum absolute atomic E-state index is 8.94. The number of hydrogen-bond acceptors (Lipinski definition) is 3. The van der Waals surface area contributed by atoms with E-state index < -0.39 is 0 Å². The first-order valence-corrected chi connectivity index (χ1v) is 4.16. The molecule has 2 aromatic rings. The first-order chi connectivity index (χ1) is 6.72. The summed E-state index contributed by atoms with van der Waals surface area (Å²) in [4.78, 5) is 0. The third kappa shape index (κ3) is 2.86. The smallest absolute Gasteiger partial charge is 0.122 e. The molecule has 0 bridgehead atoms. The maximum atomic E-state index is 8.94. The van der Waals surface area contributed by atoms with E-state index >= 15 is 0 Å². The average molecular weight is 192 g/mol. The van der Waals surface area contributed by atoms with Crippen LogP contribution in [0, 0.1) is 6.92 Å². The van der Waals surface area contributed by atoms with Gasteiger partial charge in [0.15, 0.2) is 0 Å². The summed E-state index contributed by atoms with van der Waals surface area (Å²) in [6.45, 7) is 1.66. The van der Waals surface area contributed by atoms with Crippen LogP contribution in [0.3, 0.4) is 0 Å². The van der Waals surface area contributed by atoms with Gasteiger partial charge in [0.25, 0.3) is 0 Å². The zero-order valence-electron chi connectivity index (χ0n) is 7.84. The fourth-order valence-corrected chi connectivity index (χ4v) is 0.838. The molecule has 0 saturated heterocycles. The molecule has 1 aromatic carbocycles. The molecule has 1 aromatic heterocycles. The molecule has 2 rings (SSSR count). The molecule has 0 atom stereocenters. The molecule has 0 fully saturated rings. The van der Waals surface area contributed by atoms with Gasteiger partial charge in [-0.15, -0.1) is 0 Å². The maximum Gasteiger partial charge on any atom is 0.122 e. The van der Waals surface area contributed by atoms with Gasteiger partial charge in [-0.3, -0.25) is 0 Å². The van der Waals surface area contributed by atoms with Crippen LogP contribution >= 0.6 is 0 Å². The molecule has 0 amide bonds. The summed E-state index contributed by atoms with van der Waals surface area (Å²) in [6, 6.07) is 8.34. The first kappa shape index (κ1) is 10.2. The van der Waals surface area contributed by atoms with Crippen molar-refractivity contribution in [2.24, 2.45) is 0 Å². The fraction of sp³-hybridized carbons (Fsp3) is 0.0909. The quantitative estimate of drug-likeness (QED) is 0.674. The van der Waals surface area contributed by atoms with Crippen molar-refractivity contribution in [2.45, 2.75) is 6.92 Å². The van der Waals surface area contributed by atoms with Gasteiger partial charge < -0.3 is 14.6 Å². The van der Waals surface area contributed by atoms with Gasteiger partial charge in [-0.2, -0.15) is 0 Å². The second kappa shape index (κ2) is 4.97. The molecule has 74 valence electrons. The Bertz CT molecular complexity index is 329. The van der Waals surface area contributed by atoms with Gasteiger partial charge >= 0.3 is 0 Å². The predicted molar refractivity (Wildman–Crippen MR) is 53.2 cm³/mol. The van der Waals surface area contributed by atoms with Gasteiger partial charge in [0, 0.05) is 5.56 Å². The van der Waals surface area contributed by atoms with Gasteiger partial charge in [-0.1, -0.05) is 6.07 Å². The Morgan fingerprint density at radius 1 is 0.929 bits per heavy atom. The van der Waals surface area contributed by atoms with E-state index in [9.17, 15) is 0 Å². The minimum absolute atomic E-state index is 0.134. The van der Waals surface area contributed by atoms with Crippen molar-refractivity contribution in [1.82, 2.24) is 0 Å². The largest absolute Gasteiger partial charge is 0.508 e. The Hall–Kier alpha value is -1.90. The van der Waals surface area contributed by atoms with Crippen LogP contribution in [0.25, 0.3) is 0 Å². The summed E-state index contributed by atoms with van der Waals surface area (Å²) in [5, 5.41) is 17.9. The van der Waals surface area contributed by atoms with E-state index in [4.69, 9.17) is 10.2 Å². The lowest BCUT2D eigenvalue weighted by atomic mass is 10.2. The van der Waals surface area contributed by atoms with Crippen molar-refractivity contribution < 1.29 is 14.6 Å². The topological polar surface area (TPSA) is 53.6 Å². The zero-order valence-corrected chi connectivity index (χ0v) is 7.84. The van der Waals surface area contributed by atoms with E-state index in [1.165, 1.54) is 12.1 Å². The van der Waals surface area contributed by atoms with Crippen LogP contribution in [0.2, 0.25) is 0 Å². The fourth-order valence-electron chi connectivity index (χ4n) is 0.838. The highest BCUT2D eigenvalue weighted by Crippen LogP contribution is 2.23. The lowest BCUT2D eigenvalue weighted by Crippen LogP contribution is -1.73. The number of phenols is 2. The number of aromatic hydroxyl groups is 2. The van der Waals surface area contributed by atoms with Crippen molar-refractivity contribution in [2.75, 3.05) is 0 Å². The van der Waals surface area contributed by atoms with Crippen LogP contribution in [0.15, 0.2) is 47.3 Å². The van der Waals surface area contributed by atoms with Crippen molar-refractivity contribution >= 4 is 0 Å². The van der Waals surface area contributed by atoms with Crippen LogP contribution < -0.4 is 0 Å². The molecule has 0 radical (unpaired) electrons. The molecule has 0 saturated carbocycles. The number of benzene rings is 1. The van der Waals surface area contributed by atoms with Crippen LogP contribution in [-0.2, 0) is 0 Å². The van der Waals surface area contributed by atoms with E-state index in [2.05, 4.69) is 4.42 Å². The van der Waals surface area contributed by atoms with Crippen molar-refractivity contribution in [3.63, 3.8) is 0 Å². The highest BCUT2D eigenvalue weighted by atomic mass is 16.3. The van der Waals surface area contributed by atoms with Gasteiger partial charge in [0.1, 0.15) is 11.5 Å². The molecule has 0 aliphatic heterocycles. The minimum Gasteiger partial charge on any atom is -0.508 e. The summed E-state index contributed by atoms with van der Waals surface area (Å²) in [5.74, 6) is 0.269. The number of furan rings is 1. The molecule has 2 N–H and O–H groups in total. The molecule has 0 spiro atoms. The van der Waals surface area contributed by atoms with Crippen molar-refractivity contribution in [1.29, 1.82) is 0 Å². The van der Waals surface area contributed by atoms with Crippen molar-refractivity contribution in [3.8, 4) is 11.5 Å². The van der Waals surface area contributed by atoms with E-state index in [1.54, 1.807) is 25.5 Å². The summed E-state index contributed by atoms with van der Waals surface area (Å²) in [5.41, 5.74) is 0.525. The number of hydrogen-bond donors (Lipinski definition) is 2. The standard InChI is InChI=1S/C7H8O2.C4H4O/c1-5-6(8)3-2-4-7(5)9;1-2-4-5-3-1/h2-4,8-9H,1H3;1-4H. The molecule has 3 heteroatoms. The Labute approximate surface area is 82.2 Å². The second-order valence-electron chi connectivity index (χ2n) is 2.71. The lowest BCUT2D eigenvalue weighted by Gasteiger charge is -1.98. The Kier molecular flexibility index (Phi) is 3.61. The second-order valence-corrected chi connectivity index (χ2v) is 2.71. The number of rotatable bonds is 0. The average Bonchev–Trinajstić information content (AvgIpc) is 2.72. The molecule has 0 aliphatic carbocycles. The van der Waals surface area contributed by atoms with Gasteiger partial charge in [-0.05, 0) is 31.2 Å². The summed E-state index contributed by atoms with van der Waals surface area (Å²) in [6.07, 6.45) is 3.25. The molecule has 0 aliphatic rings.